The number of aliphatic imine (C=N–C) groups is 1. The van der Waals surface area contributed by atoms with Gasteiger partial charge in [0, 0.05) is 38.1 Å². The molecule has 1 aromatic heterocycles. The Bertz CT molecular complexity index is 729. The predicted octanol–water partition coefficient (Wildman–Crippen LogP) is 2.80. The molecule has 1 aromatic carbocycles. The maximum Gasteiger partial charge on any atom is 0.191 e. The summed E-state index contributed by atoms with van der Waals surface area (Å²) in [7, 11) is 1.82. The van der Waals surface area contributed by atoms with Crippen molar-refractivity contribution in [1.29, 1.82) is 0 Å². The van der Waals surface area contributed by atoms with Crippen molar-refractivity contribution in [2.24, 2.45) is 4.99 Å². The maximum atomic E-state index is 4.38. The Labute approximate surface area is 162 Å². The van der Waals surface area contributed by atoms with Crippen LogP contribution in [0.3, 0.4) is 0 Å². The molecule has 27 heavy (non-hydrogen) atoms. The van der Waals surface area contributed by atoms with Crippen molar-refractivity contribution in [2.45, 2.75) is 45.2 Å². The van der Waals surface area contributed by atoms with Crippen LogP contribution < -0.4 is 10.6 Å². The van der Waals surface area contributed by atoms with Crippen molar-refractivity contribution in [3.05, 3.63) is 48.3 Å². The van der Waals surface area contributed by atoms with E-state index in [-0.39, 0.29) is 5.54 Å². The Morgan fingerprint density at radius 1 is 1.15 bits per heavy atom. The summed E-state index contributed by atoms with van der Waals surface area (Å²) in [5.41, 5.74) is 2.38. The Morgan fingerprint density at radius 3 is 2.67 bits per heavy atom. The van der Waals surface area contributed by atoms with Crippen LogP contribution in [0.15, 0.2) is 47.7 Å². The number of hydrogen-bond acceptors (Lipinski definition) is 3. The molecular weight excluding hydrogens is 336 g/mol. The summed E-state index contributed by atoms with van der Waals surface area (Å²) in [4.78, 5) is 6.97. The second-order valence-corrected chi connectivity index (χ2v) is 7.76. The van der Waals surface area contributed by atoms with Crippen LogP contribution in [0.5, 0.6) is 0 Å². The molecule has 0 atom stereocenters. The molecule has 1 saturated heterocycles. The van der Waals surface area contributed by atoms with E-state index in [4.69, 9.17) is 0 Å². The Hall–Kier alpha value is -2.34. The van der Waals surface area contributed by atoms with E-state index >= 15 is 0 Å². The lowest BCUT2D eigenvalue weighted by atomic mass is 9.98. The van der Waals surface area contributed by atoms with E-state index in [2.05, 4.69) is 63.7 Å². The highest BCUT2D eigenvalue weighted by Crippen LogP contribution is 2.19. The number of benzene rings is 1. The van der Waals surface area contributed by atoms with Gasteiger partial charge in [-0.2, -0.15) is 5.10 Å². The summed E-state index contributed by atoms with van der Waals surface area (Å²) in [6, 6.07) is 10.3. The van der Waals surface area contributed by atoms with Gasteiger partial charge in [0.15, 0.2) is 5.96 Å². The van der Waals surface area contributed by atoms with Crippen LogP contribution >= 0.6 is 0 Å². The van der Waals surface area contributed by atoms with Gasteiger partial charge in [0.2, 0.25) is 0 Å². The molecule has 0 spiro atoms. The predicted molar refractivity (Wildman–Crippen MR) is 111 cm³/mol. The number of piperidine rings is 1. The molecule has 1 fully saturated rings. The smallest absolute Gasteiger partial charge is 0.191 e. The number of likely N-dealkylation sites (tertiary alicyclic amines) is 1. The van der Waals surface area contributed by atoms with E-state index in [1.807, 2.05) is 24.0 Å². The van der Waals surface area contributed by atoms with Crippen LogP contribution in [0, 0.1) is 0 Å². The minimum absolute atomic E-state index is 0.123. The van der Waals surface area contributed by atoms with Crippen molar-refractivity contribution >= 4 is 5.96 Å². The van der Waals surface area contributed by atoms with Gasteiger partial charge >= 0.3 is 0 Å². The summed E-state index contributed by atoms with van der Waals surface area (Å²) in [5.74, 6) is 0.838. The molecule has 6 heteroatoms. The molecule has 3 rings (SSSR count). The molecule has 0 saturated carbocycles. The van der Waals surface area contributed by atoms with Crippen LogP contribution in [-0.2, 0) is 6.54 Å². The van der Waals surface area contributed by atoms with E-state index < -0.39 is 0 Å². The molecule has 0 bridgehead atoms. The van der Waals surface area contributed by atoms with Crippen molar-refractivity contribution < 1.29 is 0 Å². The molecule has 146 valence electrons. The first kappa shape index (κ1) is 19.4. The zero-order valence-corrected chi connectivity index (χ0v) is 16.8. The molecule has 2 N–H and O–H groups in total. The third-order valence-corrected chi connectivity index (χ3v) is 5.26. The molecule has 1 aliphatic rings. The zero-order valence-electron chi connectivity index (χ0n) is 16.8. The average Bonchev–Trinajstić information content (AvgIpc) is 3.24. The number of nitrogens with one attached hydrogen (secondary N) is 2. The van der Waals surface area contributed by atoms with E-state index in [1.54, 1.807) is 6.20 Å². The highest BCUT2D eigenvalue weighted by atomic mass is 15.3. The molecule has 2 aromatic rings. The lowest BCUT2D eigenvalue weighted by Crippen LogP contribution is -2.54. The first-order valence-corrected chi connectivity index (χ1v) is 9.87. The molecule has 6 nitrogen and oxygen atoms in total. The average molecular weight is 369 g/mol. The van der Waals surface area contributed by atoms with E-state index in [9.17, 15) is 0 Å². The van der Waals surface area contributed by atoms with Crippen LogP contribution in [0.2, 0.25) is 0 Å². The number of guanidine groups is 1. The number of nitrogens with zero attached hydrogens (tertiary/aromatic N) is 4. The van der Waals surface area contributed by atoms with Gasteiger partial charge in [0.1, 0.15) is 0 Å². The number of aromatic nitrogens is 2. The first-order valence-electron chi connectivity index (χ1n) is 9.87. The van der Waals surface area contributed by atoms with Crippen molar-refractivity contribution in [3.8, 4) is 5.69 Å². The Balaban J connectivity index is 1.53. The summed E-state index contributed by atoms with van der Waals surface area (Å²) in [5, 5.41) is 11.2. The minimum atomic E-state index is 0.123. The lowest BCUT2D eigenvalue weighted by molar-refractivity contribution is 0.0982. The summed E-state index contributed by atoms with van der Waals surface area (Å²) in [6.45, 7) is 8.61. The van der Waals surface area contributed by atoms with Crippen molar-refractivity contribution in [3.63, 3.8) is 0 Å². The monoisotopic (exact) mass is 368 g/mol. The van der Waals surface area contributed by atoms with Gasteiger partial charge in [0.25, 0.3) is 0 Å². The van der Waals surface area contributed by atoms with E-state index in [0.29, 0.717) is 0 Å². The van der Waals surface area contributed by atoms with Crippen LogP contribution in [0.25, 0.3) is 5.69 Å². The highest BCUT2D eigenvalue weighted by Gasteiger charge is 2.27. The maximum absolute atomic E-state index is 4.38. The Kier molecular flexibility index (Phi) is 6.50. The summed E-state index contributed by atoms with van der Waals surface area (Å²) < 4.78 is 1.87. The second kappa shape index (κ2) is 9.04. The molecule has 1 aliphatic heterocycles. The van der Waals surface area contributed by atoms with Gasteiger partial charge in [-0.25, -0.2) is 4.68 Å². The quantitative estimate of drug-likeness (QED) is 0.608. The molecule has 0 aliphatic carbocycles. The standard InChI is InChI=1S/C21H32N6/c1-21(2,26-12-5-4-6-13-26)17-24-20(22-3)23-16-18-9-7-10-19(15-18)27-14-8-11-25-27/h7-11,14-15H,4-6,12-13,16-17H2,1-3H3,(H2,22,23,24). The Morgan fingerprint density at radius 2 is 1.96 bits per heavy atom. The largest absolute Gasteiger partial charge is 0.355 e. The fourth-order valence-electron chi connectivity index (χ4n) is 3.55. The van der Waals surface area contributed by atoms with Gasteiger partial charge in [-0.15, -0.1) is 0 Å². The van der Waals surface area contributed by atoms with Crippen LogP contribution in [0.1, 0.15) is 38.7 Å². The van der Waals surface area contributed by atoms with Gasteiger partial charge in [-0.1, -0.05) is 18.6 Å². The van der Waals surface area contributed by atoms with Crippen molar-refractivity contribution in [1.82, 2.24) is 25.3 Å². The van der Waals surface area contributed by atoms with Gasteiger partial charge in [-0.05, 0) is 63.5 Å². The van der Waals surface area contributed by atoms with Crippen LogP contribution in [-0.4, -0.2) is 52.9 Å². The fraction of sp³-hybridized carbons (Fsp3) is 0.524. The normalized spacial score (nSPS) is 16.3. The topological polar surface area (TPSA) is 57.5 Å². The molecule has 0 unspecified atom stereocenters. The highest BCUT2D eigenvalue weighted by molar-refractivity contribution is 5.79. The summed E-state index contributed by atoms with van der Waals surface area (Å²) in [6.07, 6.45) is 7.73. The molecule has 0 amide bonds. The van der Waals surface area contributed by atoms with Gasteiger partial charge < -0.3 is 10.6 Å². The van der Waals surface area contributed by atoms with Crippen molar-refractivity contribution in [2.75, 3.05) is 26.7 Å². The fourth-order valence-corrected chi connectivity index (χ4v) is 3.55. The third kappa shape index (κ3) is 5.32. The first-order chi connectivity index (χ1) is 13.1. The summed E-state index contributed by atoms with van der Waals surface area (Å²) >= 11 is 0. The molecular formula is C21H32N6. The van der Waals surface area contributed by atoms with Gasteiger partial charge in [0.05, 0.1) is 5.69 Å². The van der Waals surface area contributed by atoms with Crippen LogP contribution in [0.4, 0.5) is 0 Å². The van der Waals surface area contributed by atoms with E-state index in [0.717, 1.165) is 24.7 Å². The lowest BCUT2D eigenvalue weighted by Gasteiger charge is -2.41. The second-order valence-electron chi connectivity index (χ2n) is 7.76. The SMILES string of the molecule is CN=C(NCc1cccc(-n2cccn2)c1)NCC(C)(C)N1CCCCC1. The number of hydrogen-bond donors (Lipinski definition) is 2. The number of rotatable bonds is 6. The zero-order chi connectivity index (χ0) is 19.1. The van der Waals surface area contributed by atoms with E-state index in [1.165, 1.54) is 37.9 Å². The third-order valence-electron chi connectivity index (χ3n) is 5.26. The molecule has 2 heterocycles. The minimum Gasteiger partial charge on any atom is -0.355 e. The van der Waals surface area contributed by atoms with Gasteiger partial charge in [-0.3, -0.25) is 9.89 Å². The molecule has 0 radical (unpaired) electrons.